The van der Waals surface area contributed by atoms with Crippen molar-refractivity contribution >= 4 is 27.5 Å². The van der Waals surface area contributed by atoms with Gasteiger partial charge in [0.2, 0.25) is 0 Å². The SMILES string of the molecule is CN(C)c1ccc([C@@H](CNC(=O)c2ccccc2Br)[NH+](C)C)cc1. The van der Waals surface area contributed by atoms with Gasteiger partial charge in [-0.3, -0.25) is 4.79 Å². The Morgan fingerprint density at radius 2 is 1.75 bits per heavy atom. The van der Waals surface area contributed by atoms with Gasteiger partial charge < -0.3 is 15.1 Å². The van der Waals surface area contributed by atoms with Crippen LogP contribution in [0.5, 0.6) is 0 Å². The topological polar surface area (TPSA) is 36.8 Å². The van der Waals surface area contributed by atoms with Crippen LogP contribution in [-0.4, -0.2) is 40.6 Å². The summed E-state index contributed by atoms with van der Waals surface area (Å²) >= 11 is 3.43. The maximum Gasteiger partial charge on any atom is 0.252 e. The van der Waals surface area contributed by atoms with E-state index in [4.69, 9.17) is 0 Å². The molecule has 0 bridgehead atoms. The lowest BCUT2D eigenvalue weighted by molar-refractivity contribution is -0.890. The molecular weight excluding hydrogens is 366 g/mol. The van der Waals surface area contributed by atoms with E-state index in [9.17, 15) is 4.79 Å². The summed E-state index contributed by atoms with van der Waals surface area (Å²) in [6.45, 7) is 0.587. The number of anilines is 1. The maximum atomic E-state index is 12.4. The standard InChI is InChI=1S/C19H24BrN3O/c1-22(2)15-11-9-14(10-12-15)18(23(3)4)13-21-19(24)16-7-5-6-8-17(16)20/h5-12,18H,13H2,1-4H3,(H,21,24)/p+1/t18-/m1/s1. The van der Waals surface area contributed by atoms with Crippen molar-refractivity contribution in [1.82, 2.24) is 5.32 Å². The molecule has 2 aromatic carbocycles. The molecule has 0 spiro atoms. The minimum absolute atomic E-state index is 0.0568. The molecule has 0 heterocycles. The van der Waals surface area contributed by atoms with Crippen LogP contribution < -0.4 is 15.1 Å². The molecule has 5 heteroatoms. The average Bonchev–Trinajstić information content (AvgIpc) is 2.55. The van der Waals surface area contributed by atoms with Crippen molar-refractivity contribution < 1.29 is 9.69 Å². The largest absolute Gasteiger partial charge is 0.378 e. The molecule has 0 unspecified atom stereocenters. The molecule has 0 radical (unpaired) electrons. The van der Waals surface area contributed by atoms with Crippen molar-refractivity contribution in [2.75, 3.05) is 39.6 Å². The number of nitrogens with one attached hydrogen (secondary N) is 2. The first kappa shape index (κ1) is 18.5. The molecule has 1 amide bonds. The highest BCUT2D eigenvalue weighted by Crippen LogP contribution is 2.17. The minimum Gasteiger partial charge on any atom is -0.378 e. The number of nitrogens with zero attached hydrogens (tertiary/aromatic N) is 1. The lowest BCUT2D eigenvalue weighted by atomic mass is 10.0. The Morgan fingerprint density at radius 1 is 1.12 bits per heavy atom. The molecule has 0 aliphatic rings. The van der Waals surface area contributed by atoms with E-state index >= 15 is 0 Å². The molecule has 0 fully saturated rings. The Morgan fingerprint density at radius 3 is 2.29 bits per heavy atom. The first-order valence-corrected chi connectivity index (χ1v) is 8.79. The summed E-state index contributed by atoms with van der Waals surface area (Å²) in [6, 6.07) is 16.2. The number of hydrogen-bond donors (Lipinski definition) is 2. The summed E-state index contributed by atoms with van der Waals surface area (Å²) in [5, 5.41) is 3.06. The van der Waals surface area contributed by atoms with E-state index in [1.807, 2.05) is 38.4 Å². The quantitative estimate of drug-likeness (QED) is 0.792. The Bertz CT molecular complexity index is 683. The monoisotopic (exact) mass is 390 g/mol. The third-order valence-electron chi connectivity index (χ3n) is 4.09. The van der Waals surface area contributed by atoms with Crippen LogP contribution in [0.3, 0.4) is 0 Å². The van der Waals surface area contributed by atoms with Gasteiger partial charge >= 0.3 is 0 Å². The molecule has 2 rings (SSSR count). The zero-order chi connectivity index (χ0) is 17.7. The van der Waals surface area contributed by atoms with Crippen LogP contribution in [0.25, 0.3) is 0 Å². The molecule has 0 aliphatic carbocycles. The van der Waals surface area contributed by atoms with E-state index in [1.54, 1.807) is 0 Å². The smallest absolute Gasteiger partial charge is 0.252 e. The Balaban J connectivity index is 2.09. The summed E-state index contributed by atoms with van der Waals surface area (Å²) in [4.78, 5) is 15.8. The number of amides is 1. The number of halogens is 1. The van der Waals surface area contributed by atoms with Gasteiger partial charge in [0.15, 0.2) is 0 Å². The number of carbonyl (C=O) groups is 1. The Hall–Kier alpha value is -1.85. The van der Waals surface area contributed by atoms with Gasteiger partial charge in [0, 0.05) is 29.8 Å². The summed E-state index contributed by atoms with van der Waals surface area (Å²) in [5.74, 6) is -0.0568. The summed E-state index contributed by atoms with van der Waals surface area (Å²) < 4.78 is 0.812. The minimum atomic E-state index is -0.0568. The van der Waals surface area contributed by atoms with E-state index < -0.39 is 0 Å². The molecule has 0 aliphatic heterocycles. The van der Waals surface area contributed by atoms with E-state index in [2.05, 4.69) is 64.5 Å². The van der Waals surface area contributed by atoms with Crippen LogP contribution in [0.1, 0.15) is 22.0 Å². The van der Waals surface area contributed by atoms with Gasteiger partial charge in [-0.1, -0.05) is 24.3 Å². The fraction of sp³-hybridized carbons (Fsp3) is 0.316. The van der Waals surface area contributed by atoms with Gasteiger partial charge in [0.05, 0.1) is 26.2 Å². The third kappa shape index (κ3) is 4.58. The van der Waals surface area contributed by atoms with Crippen molar-refractivity contribution in [3.05, 3.63) is 64.1 Å². The fourth-order valence-electron chi connectivity index (χ4n) is 2.60. The molecule has 2 N–H and O–H groups in total. The molecule has 0 saturated carbocycles. The zero-order valence-electron chi connectivity index (χ0n) is 14.6. The van der Waals surface area contributed by atoms with Gasteiger partial charge in [0.25, 0.3) is 5.91 Å². The Kier molecular flexibility index (Phi) is 6.40. The van der Waals surface area contributed by atoms with E-state index in [0.717, 1.165) is 4.47 Å². The molecule has 1 atom stereocenters. The lowest BCUT2D eigenvalue weighted by Gasteiger charge is -2.23. The first-order valence-electron chi connectivity index (χ1n) is 8.00. The van der Waals surface area contributed by atoms with Crippen molar-refractivity contribution in [1.29, 1.82) is 0 Å². The van der Waals surface area contributed by atoms with Crippen LogP contribution in [0.4, 0.5) is 5.69 Å². The van der Waals surface area contributed by atoms with Gasteiger partial charge in [0.1, 0.15) is 6.04 Å². The fourth-order valence-corrected chi connectivity index (χ4v) is 3.06. The van der Waals surface area contributed by atoms with Crippen LogP contribution in [0.15, 0.2) is 53.0 Å². The van der Waals surface area contributed by atoms with Crippen molar-refractivity contribution in [3.63, 3.8) is 0 Å². The maximum absolute atomic E-state index is 12.4. The van der Waals surface area contributed by atoms with Crippen molar-refractivity contribution in [3.8, 4) is 0 Å². The van der Waals surface area contributed by atoms with Gasteiger partial charge in [-0.25, -0.2) is 0 Å². The molecule has 2 aromatic rings. The van der Waals surface area contributed by atoms with E-state index in [1.165, 1.54) is 16.2 Å². The van der Waals surface area contributed by atoms with Crippen molar-refractivity contribution in [2.45, 2.75) is 6.04 Å². The summed E-state index contributed by atoms with van der Waals surface area (Å²) in [5.41, 5.74) is 3.05. The Labute approximate surface area is 152 Å². The number of rotatable bonds is 6. The van der Waals surface area contributed by atoms with Gasteiger partial charge in [-0.2, -0.15) is 0 Å². The highest BCUT2D eigenvalue weighted by molar-refractivity contribution is 9.10. The highest BCUT2D eigenvalue weighted by atomic mass is 79.9. The van der Waals surface area contributed by atoms with Crippen LogP contribution >= 0.6 is 15.9 Å². The number of benzene rings is 2. The normalized spacial score (nSPS) is 12.1. The second kappa shape index (κ2) is 8.31. The summed E-state index contributed by atoms with van der Waals surface area (Å²) in [7, 11) is 8.27. The third-order valence-corrected chi connectivity index (χ3v) is 4.79. The van der Waals surface area contributed by atoms with Crippen LogP contribution in [0, 0.1) is 0 Å². The molecule has 0 aromatic heterocycles. The molecule has 128 valence electrons. The first-order chi connectivity index (χ1) is 11.4. The second-order valence-corrected chi connectivity index (χ2v) is 7.16. The highest BCUT2D eigenvalue weighted by Gasteiger charge is 2.20. The predicted octanol–water partition coefficient (Wildman–Crippen LogP) is 2.13. The van der Waals surface area contributed by atoms with Crippen molar-refractivity contribution in [2.24, 2.45) is 0 Å². The van der Waals surface area contributed by atoms with E-state index in [-0.39, 0.29) is 11.9 Å². The zero-order valence-corrected chi connectivity index (χ0v) is 16.2. The van der Waals surface area contributed by atoms with Gasteiger partial charge in [-0.05, 0) is 40.2 Å². The van der Waals surface area contributed by atoms with Crippen LogP contribution in [-0.2, 0) is 0 Å². The number of likely N-dealkylation sites (N-methyl/N-ethyl adjacent to an activating group) is 1. The lowest BCUT2D eigenvalue weighted by Crippen LogP contribution is -3.07. The summed E-state index contributed by atoms with van der Waals surface area (Å²) in [6.07, 6.45) is 0. The van der Waals surface area contributed by atoms with Gasteiger partial charge in [-0.15, -0.1) is 0 Å². The van der Waals surface area contributed by atoms with E-state index in [0.29, 0.717) is 12.1 Å². The second-order valence-electron chi connectivity index (χ2n) is 6.31. The molecule has 4 nitrogen and oxygen atoms in total. The number of hydrogen-bond acceptors (Lipinski definition) is 2. The number of quaternary nitrogens is 1. The molecule has 24 heavy (non-hydrogen) atoms. The average molecular weight is 391 g/mol. The van der Waals surface area contributed by atoms with Crippen LogP contribution in [0.2, 0.25) is 0 Å². The molecule has 0 saturated heterocycles. The molecular formula is C19H25BrN3O+. The predicted molar refractivity (Wildman–Crippen MR) is 103 cm³/mol. The number of carbonyl (C=O) groups excluding carboxylic acids is 1.